The summed E-state index contributed by atoms with van der Waals surface area (Å²) >= 11 is 0. The van der Waals surface area contributed by atoms with Crippen LogP contribution in [0.25, 0.3) is 0 Å². The SMILES string of the molecule is Cc1cccc(O[C@H](C)C(=O)Nc2cccc(S(=O)(=O)NC(C)(C)C)c2)c1. The van der Waals surface area contributed by atoms with Crippen LogP contribution in [0.4, 0.5) is 5.69 Å². The lowest BCUT2D eigenvalue weighted by molar-refractivity contribution is -0.122. The number of nitrogens with one attached hydrogen (secondary N) is 2. The molecule has 27 heavy (non-hydrogen) atoms. The maximum absolute atomic E-state index is 12.4. The number of carbonyl (C=O) groups is 1. The Morgan fingerprint density at radius 1 is 1.07 bits per heavy atom. The second kappa shape index (κ2) is 8.10. The maximum Gasteiger partial charge on any atom is 0.265 e. The molecule has 0 unspecified atom stereocenters. The van der Waals surface area contributed by atoms with Crippen molar-refractivity contribution in [3.8, 4) is 5.75 Å². The summed E-state index contributed by atoms with van der Waals surface area (Å²) in [7, 11) is -3.68. The zero-order chi connectivity index (χ0) is 20.2. The Morgan fingerprint density at radius 2 is 1.74 bits per heavy atom. The van der Waals surface area contributed by atoms with E-state index < -0.39 is 21.7 Å². The molecule has 0 bridgehead atoms. The summed E-state index contributed by atoms with van der Waals surface area (Å²) in [5.74, 6) is 0.234. The van der Waals surface area contributed by atoms with E-state index in [0.29, 0.717) is 11.4 Å². The highest BCUT2D eigenvalue weighted by Crippen LogP contribution is 2.19. The fourth-order valence-electron chi connectivity index (χ4n) is 2.39. The van der Waals surface area contributed by atoms with Gasteiger partial charge in [-0.1, -0.05) is 18.2 Å². The van der Waals surface area contributed by atoms with Gasteiger partial charge in [0.1, 0.15) is 5.75 Å². The molecule has 0 aliphatic rings. The number of anilines is 1. The zero-order valence-corrected chi connectivity index (χ0v) is 17.1. The van der Waals surface area contributed by atoms with E-state index in [2.05, 4.69) is 10.0 Å². The molecule has 0 heterocycles. The largest absolute Gasteiger partial charge is 0.481 e. The molecule has 2 aromatic carbocycles. The molecule has 2 N–H and O–H groups in total. The van der Waals surface area contributed by atoms with Crippen molar-refractivity contribution < 1.29 is 17.9 Å². The molecular weight excluding hydrogens is 364 g/mol. The van der Waals surface area contributed by atoms with E-state index in [1.165, 1.54) is 12.1 Å². The fourth-order valence-corrected chi connectivity index (χ4v) is 3.86. The van der Waals surface area contributed by atoms with Crippen LogP contribution in [-0.4, -0.2) is 26.0 Å². The molecule has 6 nitrogen and oxygen atoms in total. The molecule has 0 aliphatic carbocycles. The molecule has 0 spiro atoms. The normalized spacial score (nSPS) is 13.1. The van der Waals surface area contributed by atoms with E-state index in [0.717, 1.165) is 5.56 Å². The second-order valence-corrected chi connectivity index (χ2v) is 9.13. The minimum Gasteiger partial charge on any atom is -0.481 e. The molecular formula is C20H26N2O4S. The van der Waals surface area contributed by atoms with Gasteiger partial charge in [0, 0.05) is 11.2 Å². The smallest absolute Gasteiger partial charge is 0.265 e. The van der Waals surface area contributed by atoms with Gasteiger partial charge in [-0.2, -0.15) is 0 Å². The number of aryl methyl sites for hydroxylation is 1. The lowest BCUT2D eigenvalue weighted by atomic mass is 10.1. The number of hydrogen-bond donors (Lipinski definition) is 2. The van der Waals surface area contributed by atoms with Gasteiger partial charge in [0.05, 0.1) is 4.90 Å². The van der Waals surface area contributed by atoms with Crippen molar-refractivity contribution in [3.05, 3.63) is 54.1 Å². The first-order chi connectivity index (χ1) is 12.5. The first kappa shape index (κ1) is 20.9. The molecule has 0 radical (unpaired) electrons. The standard InChI is InChI=1S/C20H26N2O4S/c1-14-8-6-10-17(12-14)26-15(2)19(23)21-16-9-7-11-18(13-16)27(24,25)22-20(3,4)5/h6-13,15,22H,1-5H3,(H,21,23)/t15-/m1/s1. The monoisotopic (exact) mass is 390 g/mol. The Labute approximate surface area is 161 Å². The third-order valence-corrected chi connectivity index (χ3v) is 5.28. The summed E-state index contributed by atoms with van der Waals surface area (Å²) < 4.78 is 33.1. The number of rotatable bonds is 6. The molecule has 0 saturated carbocycles. The van der Waals surface area contributed by atoms with Crippen molar-refractivity contribution in [1.29, 1.82) is 0 Å². The Kier molecular flexibility index (Phi) is 6.28. The van der Waals surface area contributed by atoms with Crippen molar-refractivity contribution in [2.45, 2.75) is 51.2 Å². The van der Waals surface area contributed by atoms with Crippen molar-refractivity contribution in [2.75, 3.05) is 5.32 Å². The van der Waals surface area contributed by atoms with Crippen LogP contribution in [0.3, 0.4) is 0 Å². The first-order valence-corrected chi connectivity index (χ1v) is 10.1. The summed E-state index contributed by atoms with van der Waals surface area (Å²) in [6, 6.07) is 13.5. The Hall–Kier alpha value is -2.38. The van der Waals surface area contributed by atoms with Gasteiger partial charge in [0.2, 0.25) is 10.0 Å². The minimum atomic E-state index is -3.68. The van der Waals surface area contributed by atoms with Gasteiger partial charge < -0.3 is 10.1 Å². The molecule has 146 valence electrons. The van der Waals surface area contributed by atoms with Gasteiger partial charge in [0.15, 0.2) is 6.10 Å². The minimum absolute atomic E-state index is 0.0856. The van der Waals surface area contributed by atoms with E-state index >= 15 is 0 Å². The van der Waals surface area contributed by atoms with E-state index in [1.54, 1.807) is 45.9 Å². The van der Waals surface area contributed by atoms with Crippen LogP contribution in [0, 0.1) is 6.92 Å². The number of carbonyl (C=O) groups excluding carboxylic acids is 1. The van der Waals surface area contributed by atoms with Crippen LogP contribution in [0.1, 0.15) is 33.3 Å². The van der Waals surface area contributed by atoms with Gasteiger partial charge in [-0.05, 0) is 70.5 Å². The predicted molar refractivity (Wildman–Crippen MR) is 106 cm³/mol. The number of amides is 1. The van der Waals surface area contributed by atoms with Crippen molar-refractivity contribution in [3.63, 3.8) is 0 Å². The summed E-state index contributed by atoms with van der Waals surface area (Å²) in [4.78, 5) is 12.5. The number of benzene rings is 2. The van der Waals surface area contributed by atoms with Gasteiger partial charge in [-0.3, -0.25) is 4.79 Å². The summed E-state index contributed by atoms with van der Waals surface area (Å²) in [6.07, 6.45) is -0.736. The molecule has 1 amide bonds. The van der Waals surface area contributed by atoms with Crippen molar-refractivity contribution >= 4 is 21.6 Å². The van der Waals surface area contributed by atoms with Gasteiger partial charge in [0.25, 0.3) is 5.91 Å². The quantitative estimate of drug-likeness (QED) is 0.791. The predicted octanol–water partition coefficient (Wildman–Crippen LogP) is 3.48. The molecule has 1 atom stereocenters. The van der Waals surface area contributed by atoms with E-state index in [1.807, 2.05) is 25.1 Å². The lowest BCUT2D eigenvalue weighted by Crippen LogP contribution is -2.40. The first-order valence-electron chi connectivity index (χ1n) is 8.64. The zero-order valence-electron chi connectivity index (χ0n) is 16.2. The van der Waals surface area contributed by atoms with E-state index in [-0.39, 0.29) is 10.8 Å². The summed E-state index contributed by atoms with van der Waals surface area (Å²) in [5, 5.41) is 2.70. The van der Waals surface area contributed by atoms with Crippen molar-refractivity contribution in [1.82, 2.24) is 4.72 Å². The number of ether oxygens (including phenoxy) is 1. The Balaban J connectivity index is 2.10. The number of hydrogen-bond acceptors (Lipinski definition) is 4. The fraction of sp³-hybridized carbons (Fsp3) is 0.350. The lowest BCUT2D eigenvalue weighted by Gasteiger charge is -2.20. The molecule has 2 rings (SSSR count). The maximum atomic E-state index is 12.4. The molecule has 0 aliphatic heterocycles. The van der Waals surface area contributed by atoms with Crippen LogP contribution in [0.2, 0.25) is 0 Å². The van der Waals surface area contributed by atoms with Gasteiger partial charge in [-0.15, -0.1) is 0 Å². The van der Waals surface area contributed by atoms with E-state index in [9.17, 15) is 13.2 Å². The molecule has 0 saturated heterocycles. The highest BCUT2D eigenvalue weighted by atomic mass is 32.2. The molecule has 0 aromatic heterocycles. The molecule has 2 aromatic rings. The highest BCUT2D eigenvalue weighted by molar-refractivity contribution is 7.89. The molecule has 0 fully saturated rings. The van der Waals surface area contributed by atoms with Gasteiger partial charge in [-0.25, -0.2) is 13.1 Å². The van der Waals surface area contributed by atoms with Crippen LogP contribution in [0.5, 0.6) is 5.75 Å². The van der Waals surface area contributed by atoms with E-state index in [4.69, 9.17) is 4.74 Å². The third kappa shape index (κ3) is 6.37. The molecule has 7 heteroatoms. The third-order valence-electron chi connectivity index (χ3n) is 3.52. The highest BCUT2D eigenvalue weighted by Gasteiger charge is 2.22. The number of sulfonamides is 1. The van der Waals surface area contributed by atoms with Gasteiger partial charge >= 0.3 is 0 Å². The van der Waals surface area contributed by atoms with Crippen LogP contribution in [-0.2, 0) is 14.8 Å². The second-order valence-electron chi connectivity index (χ2n) is 7.45. The van der Waals surface area contributed by atoms with Crippen molar-refractivity contribution in [2.24, 2.45) is 0 Å². The summed E-state index contributed by atoms with van der Waals surface area (Å²) in [6.45, 7) is 8.87. The summed E-state index contributed by atoms with van der Waals surface area (Å²) in [5.41, 5.74) is 0.815. The Morgan fingerprint density at radius 3 is 2.37 bits per heavy atom. The van der Waals surface area contributed by atoms with Crippen LogP contribution in [0.15, 0.2) is 53.4 Å². The topological polar surface area (TPSA) is 84.5 Å². The average molecular weight is 391 g/mol. The van der Waals surface area contributed by atoms with Crippen LogP contribution < -0.4 is 14.8 Å². The Bertz CT molecular complexity index is 918. The van der Waals surface area contributed by atoms with Crippen LogP contribution >= 0.6 is 0 Å². The average Bonchev–Trinajstić information content (AvgIpc) is 2.53.